The average molecular weight is 1020 g/mol. The summed E-state index contributed by atoms with van der Waals surface area (Å²) < 4.78 is 73.8. The number of carbonyl (C=O) groups is 1. The Morgan fingerprint density at radius 1 is 0.764 bits per heavy atom. The van der Waals surface area contributed by atoms with Crippen molar-refractivity contribution in [2.24, 2.45) is 11.8 Å². The number of halogens is 2. The molecule has 19 heteroatoms. The number of amidine groups is 2. The standard InChI is InChI=1S/C53H90F2N8O9/c1-6-24-65-26-28-67-30-32-69-34-36-71-38-39-72-37-35-70-33-31-68-29-27-66-25-23-61-41-47(59-60-61)13-10-14-50(56)63(51(57)42(2)3)44(5)40-48-16-15-43(4)62(48)22-19-49(45-11-8-7-9-12-45)58-52(64)46-17-20-53(54,55)21-18-46/h7-9,11-12,41-44,46,48-49,56-57H,6,10,13-40H2,1-5H3,(H,58,64). The van der Waals surface area contributed by atoms with Gasteiger partial charge in [-0.15, -0.1) is 5.10 Å². The first kappa shape index (κ1) is 61.0. The number of aromatic nitrogens is 3. The Bertz CT molecular complexity index is 1750. The van der Waals surface area contributed by atoms with Gasteiger partial charge in [0.1, 0.15) is 11.7 Å². The predicted octanol–water partition coefficient (Wildman–Crippen LogP) is 7.76. The number of rotatable bonds is 40. The van der Waals surface area contributed by atoms with Gasteiger partial charge in [-0.3, -0.25) is 20.5 Å². The smallest absolute Gasteiger partial charge is 0.248 e. The number of carbonyl (C=O) groups excluding carboxylic acids is 1. The van der Waals surface area contributed by atoms with Crippen molar-refractivity contribution in [3.8, 4) is 0 Å². The highest BCUT2D eigenvalue weighted by Gasteiger charge is 2.39. The van der Waals surface area contributed by atoms with Crippen LogP contribution < -0.4 is 5.32 Å². The molecule has 1 amide bonds. The van der Waals surface area contributed by atoms with Crippen LogP contribution in [0, 0.1) is 22.7 Å². The van der Waals surface area contributed by atoms with Crippen LogP contribution in [0.15, 0.2) is 36.5 Å². The Hall–Kier alpha value is -3.53. The van der Waals surface area contributed by atoms with Crippen LogP contribution >= 0.6 is 0 Å². The fraction of sp³-hybridized carbons (Fsp3) is 0.792. The van der Waals surface area contributed by atoms with Gasteiger partial charge in [0, 0.05) is 68.6 Å². The summed E-state index contributed by atoms with van der Waals surface area (Å²) in [5.41, 5.74) is 1.87. The van der Waals surface area contributed by atoms with Gasteiger partial charge in [-0.1, -0.05) is 56.3 Å². The molecule has 1 aliphatic carbocycles. The summed E-state index contributed by atoms with van der Waals surface area (Å²) >= 11 is 0. The first-order valence-corrected chi connectivity index (χ1v) is 26.8. The number of benzene rings is 1. The van der Waals surface area contributed by atoms with E-state index in [4.69, 9.17) is 43.3 Å². The monoisotopic (exact) mass is 1020 g/mol. The summed E-state index contributed by atoms with van der Waals surface area (Å²) in [5.74, 6) is -2.36. The van der Waals surface area contributed by atoms with Gasteiger partial charge >= 0.3 is 0 Å². The third-order valence-corrected chi connectivity index (χ3v) is 13.2. The van der Waals surface area contributed by atoms with Gasteiger partial charge in [0.2, 0.25) is 11.8 Å². The van der Waals surface area contributed by atoms with Crippen LogP contribution in [0.1, 0.15) is 123 Å². The van der Waals surface area contributed by atoms with Crippen molar-refractivity contribution in [3.63, 3.8) is 0 Å². The molecule has 3 N–H and O–H groups in total. The Kier molecular flexibility index (Phi) is 30.2. The second-order valence-electron chi connectivity index (χ2n) is 19.4. The summed E-state index contributed by atoms with van der Waals surface area (Å²) in [6.07, 6.45) is 8.32. The highest BCUT2D eigenvalue weighted by Crippen LogP contribution is 2.37. The van der Waals surface area contributed by atoms with E-state index < -0.39 is 11.8 Å². The Morgan fingerprint density at radius 3 is 1.82 bits per heavy atom. The van der Waals surface area contributed by atoms with Gasteiger partial charge < -0.3 is 48.1 Å². The van der Waals surface area contributed by atoms with E-state index in [-0.39, 0.29) is 55.6 Å². The molecule has 1 saturated carbocycles. The third-order valence-electron chi connectivity index (χ3n) is 13.2. The van der Waals surface area contributed by atoms with E-state index in [9.17, 15) is 19.0 Å². The van der Waals surface area contributed by atoms with Crippen LogP contribution in [0.4, 0.5) is 8.78 Å². The molecule has 2 heterocycles. The van der Waals surface area contributed by atoms with Crippen LogP contribution in [0.2, 0.25) is 0 Å². The molecule has 2 aromatic rings. The minimum absolute atomic E-state index is 0.0386. The SMILES string of the molecule is CCCOCCOCCOCCOCCOCCOCCOCCOCCn1cc(CCCC(=N)N(C(=N)C(C)C)C(C)CC2CCC(C)N2CCC(NC(=O)C2CCC(F)(F)CC2)c2ccccc2)nn1. The van der Waals surface area contributed by atoms with Gasteiger partial charge in [0.15, 0.2) is 0 Å². The van der Waals surface area contributed by atoms with Crippen molar-refractivity contribution < 1.29 is 51.5 Å². The molecule has 4 rings (SSSR count). The lowest BCUT2D eigenvalue weighted by Gasteiger charge is -2.37. The molecule has 1 aromatic carbocycles. The molecule has 4 unspecified atom stereocenters. The molecule has 1 aromatic heterocycles. The van der Waals surface area contributed by atoms with Gasteiger partial charge in [-0.2, -0.15) is 0 Å². The number of nitrogens with zero attached hydrogens (tertiary/aromatic N) is 5. The second-order valence-corrected chi connectivity index (χ2v) is 19.4. The molecule has 72 heavy (non-hydrogen) atoms. The fourth-order valence-electron chi connectivity index (χ4n) is 9.15. The molecule has 4 atom stereocenters. The van der Waals surface area contributed by atoms with E-state index in [1.807, 2.05) is 55.3 Å². The highest BCUT2D eigenvalue weighted by molar-refractivity contribution is 5.99. The summed E-state index contributed by atoms with van der Waals surface area (Å²) in [6, 6.07) is 10.3. The lowest BCUT2D eigenvalue weighted by Crippen LogP contribution is -2.48. The number of alkyl halides is 2. The number of hydrogen-bond acceptors (Lipinski definition) is 14. The normalized spacial score (nSPS) is 18.2. The van der Waals surface area contributed by atoms with Crippen LogP contribution in [-0.2, 0) is 55.7 Å². The molecular formula is C53H90F2N8O9. The van der Waals surface area contributed by atoms with Crippen molar-refractivity contribution in [1.82, 2.24) is 30.1 Å². The zero-order valence-corrected chi connectivity index (χ0v) is 44.3. The summed E-state index contributed by atoms with van der Waals surface area (Å²) in [7, 11) is 0. The Labute approximate surface area is 429 Å². The minimum Gasteiger partial charge on any atom is -0.379 e. The molecule has 0 spiro atoms. The maximum atomic E-state index is 13.9. The van der Waals surface area contributed by atoms with Crippen molar-refractivity contribution in [2.45, 2.75) is 148 Å². The van der Waals surface area contributed by atoms with E-state index in [2.05, 4.69) is 41.3 Å². The molecule has 1 saturated heterocycles. The van der Waals surface area contributed by atoms with E-state index in [0.29, 0.717) is 149 Å². The first-order valence-electron chi connectivity index (χ1n) is 26.8. The lowest BCUT2D eigenvalue weighted by atomic mass is 9.86. The Morgan fingerprint density at radius 2 is 1.29 bits per heavy atom. The maximum absolute atomic E-state index is 13.9. The predicted molar refractivity (Wildman–Crippen MR) is 274 cm³/mol. The van der Waals surface area contributed by atoms with Crippen LogP contribution in [0.5, 0.6) is 0 Å². The topological polar surface area (TPSA) is 188 Å². The maximum Gasteiger partial charge on any atom is 0.248 e. The van der Waals surface area contributed by atoms with Crippen molar-refractivity contribution >= 4 is 17.6 Å². The van der Waals surface area contributed by atoms with Crippen LogP contribution in [-0.4, -0.2) is 179 Å². The summed E-state index contributed by atoms with van der Waals surface area (Å²) in [4.78, 5) is 17.9. The van der Waals surface area contributed by atoms with Crippen LogP contribution in [0.25, 0.3) is 0 Å². The van der Waals surface area contributed by atoms with Crippen molar-refractivity contribution in [3.05, 3.63) is 47.8 Å². The second kappa shape index (κ2) is 35.6. The largest absolute Gasteiger partial charge is 0.379 e. The van der Waals surface area contributed by atoms with E-state index >= 15 is 0 Å². The quantitative estimate of drug-likeness (QED) is 0.0334. The number of ether oxygens (including phenoxy) is 8. The fourth-order valence-corrected chi connectivity index (χ4v) is 9.15. The number of aryl methyl sites for hydroxylation is 1. The molecule has 1 aliphatic heterocycles. The van der Waals surface area contributed by atoms with E-state index in [0.717, 1.165) is 50.1 Å². The highest BCUT2D eigenvalue weighted by atomic mass is 19.3. The van der Waals surface area contributed by atoms with Gasteiger partial charge in [0.05, 0.1) is 117 Å². The zero-order valence-electron chi connectivity index (χ0n) is 44.3. The van der Waals surface area contributed by atoms with E-state index in [1.54, 1.807) is 4.68 Å². The molecule has 0 radical (unpaired) electrons. The molecule has 410 valence electrons. The van der Waals surface area contributed by atoms with Crippen molar-refractivity contribution in [2.75, 3.05) is 112 Å². The molecule has 17 nitrogen and oxygen atoms in total. The van der Waals surface area contributed by atoms with Gasteiger partial charge in [0.25, 0.3) is 0 Å². The van der Waals surface area contributed by atoms with E-state index in [1.165, 1.54) is 0 Å². The number of nitrogens with one attached hydrogen (secondary N) is 3. The van der Waals surface area contributed by atoms with Gasteiger partial charge in [-0.25, -0.2) is 13.5 Å². The number of amides is 1. The van der Waals surface area contributed by atoms with Gasteiger partial charge in [-0.05, 0) is 77.2 Å². The summed E-state index contributed by atoms with van der Waals surface area (Å²) in [5, 5.41) is 30.2. The lowest BCUT2D eigenvalue weighted by molar-refractivity contribution is -0.130. The summed E-state index contributed by atoms with van der Waals surface area (Å²) in [6.45, 7) is 20.2. The first-order chi connectivity index (χ1) is 34.9. The molecule has 0 bridgehead atoms. The number of hydrogen-bond donors (Lipinski definition) is 3. The van der Waals surface area contributed by atoms with Crippen LogP contribution in [0.3, 0.4) is 0 Å². The Balaban J connectivity index is 1.05. The average Bonchev–Trinajstić information content (AvgIpc) is 3.97. The zero-order chi connectivity index (χ0) is 51.8. The molecular weight excluding hydrogens is 931 g/mol. The minimum atomic E-state index is -2.68. The van der Waals surface area contributed by atoms with Crippen molar-refractivity contribution in [1.29, 1.82) is 10.8 Å². The molecule has 2 aliphatic rings. The number of likely N-dealkylation sites (tertiary alicyclic amines) is 1. The molecule has 2 fully saturated rings. The third kappa shape index (κ3) is 24.2.